The van der Waals surface area contributed by atoms with Crippen LogP contribution in [0.3, 0.4) is 0 Å². The van der Waals surface area contributed by atoms with Gasteiger partial charge in [0, 0.05) is 6.54 Å². The molecule has 3 heteroatoms. The van der Waals surface area contributed by atoms with E-state index in [1.807, 2.05) is 0 Å². The van der Waals surface area contributed by atoms with E-state index in [1.165, 1.54) is 0 Å². The highest BCUT2D eigenvalue weighted by atomic mass is 16.1. The number of nitrogens with two attached hydrogens (primary N) is 1. The van der Waals surface area contributed by atoms with Crippen LogP contribution in [0.5, 0.6) is 0 Å². The maximum atomic E-state index is 11.1. The second kappa shape index (κ2) is 7.80. The highest BCUT2D eigenvalue weighted by Gasteiger charge is 2.13. The lowest BCUT2D eigenvalue weighted by Gasteiger charge is -2.14. The molecule has 0 aromatic carbocycles. The summed E-state index contributed by atoms with van der Waals surface area (Å²) in [6.45, 7) is 8.11. The van der Waals surface area contributed by atoms with Crippen LogP contribution in [0.4, 0.5) is 0 Å². The highest BCUT2D eigenvalue weighted by Crippen LogP contribution is 2.06. The van der Waals surface area contributed by atoms with Crippen LogP contribution in [-0.4, -0.2) is 19.0 Å². The maximum absolute atomic E-state index is 11.1. The van der Waals surface area contributed by atoms with Crippen LogP contribution < -0.4 is 11.1 Å². The summed E-state index contributed by atoms with van der Waals surface area (Å²) < 4.78 is 0. The van der Waals surface area contributed by atoms with E-state index in [-0.39, 0.29) is 11.8 Å². The molecule has 0 saturated carbocycles. The third-order valence-electron chi connectivity index (χ3n) is 2.25. The summed E-state index contributed by atoms with van der Waals surface area (Å²) in [6, 6.07) is 0. The lowest BCUT2D eigenvalue weighted by molar-refractivity contribution is -0.121. The van der Waals surface area contributed by atoms with Gasteiger partial charge < -0.3 is 11.1 Å². The minimum Gasteiger partial charge on any atom is -0.369 e. The third kappa shape index (κ3) is 6.89. The number of unbranched alkanes of at least 4 members (excludes halogenated alkanes) is 1. The van der Waals surface area contributed by atoms with Gasteiger partial charge in [-0.1, -0.05) is 33.6 Å². The fraction of sp³-hybridized carbons (Fsp3) is 0.909. The Hall–Kier alpha value is -0.570. The molecule has 1 atom stereocenters. The molecule has 1 amide bonds. The molecule has 1 unspecified atom stereocenters. The smallest absolute Gasteiger partial charge is 0.221 e. The molecule has 0 aromatic rings. The Kier molecular flexibility index (Phi) is 7.48. The van der Waals surface area contributed by atoms with Crippen molar-refractivity contribution in [3.05, 3.63) is 0 Å². The zero-order chi connectivity index (χ0) is 11.0. The summed E-state index contributed by atoms with van der Waals surface area (Å²) in [5, 5.41) is 3.27. The molecule has 3 nitrogen and oxygen atoms in total. The minimum absolute atomic E-state index is 0.00806. The number of carbonyl (C=O) groups excluding carboxylic acids is 1. The van der Waals surface area contributed by atoms with Gasteiger partial charge in [-0.2, -0.15) is 0 Å². The Labute approximate surface area is 87.4 Å². The number of amides is 1. The molecule has 0 bridgehead atoms. The van der Waals surface area contributed by atoms with E-state index in [2.05, 4.69) is 26.1 Å². The van der Waals surface area contributed by atoms with Gasteiger partial charge >= 0.3 is 0 Å². The Morgan fingerprint density at radius 2 is 2.00 bits per heavy atom. The topological polar surface area (TPSA) is 55.1 Å². The molecule has 0 aromatic heterocycles. The molecular formula is C11H24N2O. The van der Waals surface area contributed by atoms with Crippen LogP contribution in [0, 0.1) is 11.8 Å². The molecule has 3 N–H and O–H groups in total. The van der Waals surface area contributed by atoms with Gasteiger partial charge in [0.25, 0.3) is 0 Å². The highest BCUT2D eigenvalue weighted by molar-refractivity contribution is 5.76. The third-order valence-corrected chi connectivity index (χ3v) is 2.25. The first kappa shape index (κ1) is 13.4. The van der Waals surface area contributed by atoms with Gasteiger partial charge in [0.05, 0.1) is 5.92 Å². The maximum Gasteiger partial charge on any atom is 0.221 e. The van der Waals surface area contributed by atoms with Crippen molar-refractivity contribution in [3.8, 4) is 0 Å². The Morgan fingerprint density at radius 3 is 2.43 bits per heavy atom. The van der Waals surface area contributed by atoms with Gasteiger partial charge in [0.2, 0.25) is 5.91 Å². The van der Waals surface area contributed by atoms with E-state index in [0.29, 0.717) is 5.92 Å². The number of hydrogen-bond donors (Lipinski definition) is 2. The first-order chi connectivity index (χ1) is 6.57. The normalized spacial score (nSPS) is 13.1. The number of hydrogen-bond acceptors (Lipinski definition) is 2. The predicted molar refractivity (Wildman–Crippen MR) is 59.9 cm³/mol. The number of rotatable bonds is 8. The van der Waals surface area contributed by atoms with Gasteiger partial charge in [-0.05, 0) is 18.9 Å². The van der Waals surface area contributed by atoms with E-state index >= 15 is 0 Å². The van der Waals surface area contributed by atoms with Crippen molar-refractivity contribution in [2.75, 3.05) is 13.1 Å². The van der Waals surface area contributed by atoms with Crippen LogP contribution in [0.25, 0.3) is 0 Å². The summed E-state index contributed by atoms with van der Waals surface area (Å²) >= 11 is 0. The van der Waals surface area contributed by atoms with Crippen molar-refractivity contribution in [2.45, 2.75) is 40.0 Å². The lowest BCUT2D eigenvalue weighted by atomic mass is 10.0. The number of carbonyl (C=O) groups is 1. The molecule has 84 valence electrons. The fourth-order valence-corrected chi connectivity index (χ4v) is 1.34. The van der Waals surface area contributed by atoms with Gasteiger partial charge in [0.15, 0.2) is 0 Å². The zero-order valence-corrected chi connectivity index (χ0v) is 9.68. The van der Waals surface area contributed by atoms with Crippen LogP contribution in [0.15, 0.2) is 0 Å². The molecule has 0 heterocycles. The van der Waals surface area contributed by atoms with Crippen molar-refractivity contribution in [1.82, 2.24) is 5.32 Å². The second-order valence-corrected chi connectivity index (χ2v) is 4.29. The van der Waals surface area contributed by atoms with Gasteiger partial charge in [-0.3, -0.25) is 4.79 Å². The molecular weight excluding hydrogens is 176 g/mol. The van der Waals surface area contributed by atoms with Crippen LogP contribution in [-0.2, 0) is 4.79 Å². The van der Waals surface area contributed by atoms with Crippen molar-refractivity contribution in [2.24, 2.45) is 17.6 Å². The van der Waals surface area contributed by atoms with Crippen molar-refractivity contribution >= 4 is 5.91 Å². The average molecular weight is 200 g/mol. The summed E-state index contributed by atoms with van der Waals surface area (Å²) in [5.41, 5.74) is 5.32. The van der Waals surface area contributed by atoms with Crippen LogP contribution in [0.1, 0.15) is 40.0 Å². The molecule has 0 rings (SSSR count). The predicted octanol–water partition coefficient (Wildman–Crippen LogP) is 1.52. The van der Waals surface area contributed by atoms with E-state index in [9.17, 15) is 4.79 Å². The van der Waals surface area contributed by atoms with E-state index in [4.69, 9.17) is 5.73 Å². The molecule has 0 aliphatic rings. The molecule has 0 radical (unpaired) electrons. The summed E-state index contributed by atoms with van der Waals surface area (Å²) in [6.07, 6.45) is 3.11. The first-order valence-electron chi connectivity index (χ1n) is 5.58. The van der Waals surface area contributed by atoms with Crippen molar-refractivity contribution in [1.29, 1.82) is 0 Å². The lowest BCUT2D eigenvalue weighted by Crippen LogP contribution is -2.34. The number of nitrogens with one attached hydrogen (secondary N) is 1. The Morgan fingerprint density at radius 1 is 1.36 bits per heavy atom. The van der Waals surface area contributed by atoms with Crippen molar-refractivity contribution < 1.29 is 4.79 Å². The molecule has 0 aliphatic heterocycles. The quantitative estimate of drug-likeness (QED) is 0.624. The molecule has 0 saturated heterocycles. The van der Waals surface area contributed by atoms with E-state index in [1.54, 1.807) is 0 Å². The zero-order valence-electron chi connectivity index (χ0n) is 9.68. The monoisotopic (exact) mass is 200 g/mol. The number of primary amides is 1. The van der Waals surface area contributed by atoms with Gasteiger partial charge in [0.1, 0.15) is 0 Å². The Bertz CT molecular complexity index is 157. The second-order valence-electron chi connectivity index (χ2n) is 4.29. The SMILES string of the molecule is CCCCC(CNCC(C)C)C(N)=O. The van der Waals surface area contributed by atoms with Gasteiger partial charge in [-0.15, -0.1) is 0 Å². The first-order valence-corrected chi connectivity index (χ1v) is 5.58. The molecule has 0 fully saturated rings. The van der Waals surface area contributed by atoms with E-state index < -0.39 is 0 Å². The summed E-state index contributed by atoms with van der Waals surface area (Å²) in [4.78, 5) is 11.1. The minimum atomic E-state index is -0.172. The fourth-order valence-electron chi connectivity index (χ4n) is 1.34. The molecule has 14 heavy (non-hydrogen) atoms. The summed E-state index contributed by atoms with van der Waals surface area (Å²) in [7, 11) is 0. The average Bonchev–Trinajstić information content (AvgIpc) is 2.09. The largest absolute Gasteiger partial charge is 0.369 e. The van der Waals surface area contributed by atoms with Crippen LogP contribution in [0.2, 0.25) is 0 Å². The molecule has 0 aliphatic carbocycles. The Balaban J connectivity index is 3.68. The van der Waals surface area contributed by atoms with Crippen molar-refractivity contribution in [3.63, 3.8) is 0 Å². The molecule has 0 spiro atoms. The van der Waals surface area contributed by atoms with Gasteiger partial charge in [-0.25, -0.2) is 0 Å². The summed E-state index contributed by atoms with van der Waals surface area (Å²) in [5.74, 6) is 0.457. The standard InChI is InChI=1S/C11H24N2O/c1-4-5-6-10(11(12)14)8-13-7-9(2)3/h9-10,13H,4-8H2,1-3H3,(H2,12,14). The van der Waals surface area contributed by atoms with E-state index in [0.717, 1.165) is 32.4 Å². The van der Waals surface area contributed by atoms with Crippen LogP contribution >= 0.6 is 0 Å².